The second kappa shape index (κ2) is 7.80. The molecule has 1 rings (SSSR count). The SMILES string of the molecule is CCC(C)(C)N(C)C(CNCC(C)C)c1ccccc1. The van der Waals surface area contributed by atoms with Crippen LogP contribution in [0.15, 0.2) is 30.3 Å². The maximum Gasteiger partial charge on any atom is 0.0474 e. The fraction of sp³-hybridized carbons (Fsp3) is 0.667. The molecule has 1 aromatic rings. The standard InChI is InChI=1S/C18H32N2/c1-7-18(4,5)20(6)17(14-19-13-15(2)3)16-11-9-8-10-12-16/h8-12,15,17,19H,7,13-14H2,1-6H3. The van der Waals surface area contributed by atoms with E-state index in [0.29, 0.717) is 12.0 Å². The highest BCUT2D eigenvalue weighted by molar-refractivity contribution is 5.20. The molecular weight excluding hydrogens is 244 g/mol. The molecule has 1 unspecified atom stereocenters. The van der Waals surface area contributed by atoms with E-state index in [0.717, 1.165) is 19.5 Å². The molecule has 1 atom stereocenters. The van der Waals surface area contributed by atoms with Crippen molar-refractivity contribution in [3.05, 3.63) is 35.9 Å². The smallest absolute Gasteiger partial charge is 0.0474 e. The molecule has 0 radical (unpaired) electrons. The molecule has 0 amide bonds. The van der Waals surface area contributed by atoms with Gasteiger partial charge in [-0.1, -0.05) is 51.1 Å². The van der Waals surface area contributed by atoms with Crippen molar-refractivity contribution < 1.29 is 0 Å². The van der Waals surface area contributed by atoms with Crippen molar-refractivity contribution in [1.29, 1.82) is 0 Å². The maximum absolute atomic E-state index is 3.62. The van der Waals surface area contributed by atoms with Gasteiger partial charge in [0.2, 0.25) is 0 Å². The fourth-order valence-electron chi connectivity index (χ4n) is 2.33. The van der Waals surface area contributed by atoms with Gasteiger partial charge in [0.15, 0.2) is 0 Å². The summed E-state index contributed by atoms with van der Waals surface area (Å²) in [5.74, 6) is 0.691. The summed E-state index contributed by atoms with van der Waals surface area (Å²) < 4.78 is 0. The number of hydrogen-bond donors (Lipinski definition) is 1. The zero-order chi connectivity index (χ0) is 15.2. The zero-order valence-corrected chi connectivity index (χ0v) is 14.1. The van der Waals surface area contributed by atoms with Crippen molar-refractivity contribution in [1.82, 2.24) is 10.2 Å². The average Bonchev–Trinajstić information content (AvgIpc) is 2.43. The Morgan fingerprint density at radius 2 is 1.70 bits per heavy atom. The van der Waals surface area contributed by atoms with Gasteiger partial charge in [0.1, 0.15) is 0 Å². The van der Waals surface area contributed by atoms with Crippen molar-refractivity contribution >= 4 is 0 Å². The molecule has 0 fully saturated rings. The predicted molar refractivity (Wildman–Crippen MR) is 89.0 cm³/mol. The topological polar surface area (TPSA) is 15.3 Å². The van der Waals surface area contributed by atoms with Crippen molar-refractivity contribution in [2.24, 2.45) is 5.92 Å². The Balaban J connectivity index is 2.84. The monoisotopic (exact) mass is 276 g/mol. The van der Waals surface area contributed by atoms with E-state index in [-0.39, 0.29) is 5.54 Å². The molecule has 2 heteroatoms. The molecule has 0 bridgehead atoms. The number of benzene rings is 1. The van der Waals surface area contributed by atoms with E-state index < -0.39 is 0 Å². The van der Waals surface area contributed by atoms with E-state index >= 15 is 0 Å². The minimum absolute atomic E-state index is 0.208. The van der Waals surface area contributed by atoms with Gasteiger partial charge in [0.05, 0.1) is 0 Å². The van der Waals surface area contributed by atoms with E-state index in [1.54, 1.807) is 0 Å². The first-order valence-electron chi connectivity index (χ1n) is 7.87. The highest BCUT2D eigenvalue weighted by Gasteiger charge is 2.28. The fourth-order valence-corrected chi connectivity index (χ4v) is 2.33. The van der Waals surface area contributed by atoms with Gasteiger partial charge in [-0.2, -0.15) is 0 Å². The molecular formula is C18H32N2. The minimum atomic E-state index is 0.208. The van der Waals surface area contributed by atoms with Crippen LogP contribution in [0.3, 0.4) is 0 Å². The zero-order valence-electron chi connectivity index (χ0n) is 14.1. The van der Waals surface area contributed by atoms with Crippen LogP contribution < -0.4 is 5.32 Å². The number of rotatable bonds is 8. The van der Waals surface area contributed by atoms with E-state index in [1.807, 2.05) is 0 Å². The molecule has 20 heavy (non-hydrogen) atoms. The van der Waals surface area contributed by atoms with E-state index in [9.17, 15) is 0 Å². The Bertz CT molecular complexity index is 370. The minimum Gasteiger partial charge on any atom is -0.315 e. The lowest BCUT2D eigenvalue weighted by Gasteiger charge is -2.41. The van der Waals surface area contributed by atoms with Gasteiger partial charge in [0, 0.05) is 18.1 Å². The van der Waals surface area contributed by atoms with Crippen molar-refractivity contribution in [3.8, 4) is 0 Å². The van der Waals surface area contributed by atoms with Crippen molar-refractivity contribution in [3.63, 3.8) is 0 Å². The van der Waals surface area contributed by atoms with Gasteiger partial charge < -0.3 is 5.32 Å². The van der Waals surface area contributed by atoms with E-state index in [1.165, 1.54) is 5.56 Å². The van der Waals surface area contributed by atoms with Crippen LogP contribution in [0.25, 0.3) is 0 Å². The van der Waals surface area contributed by atoms with E-state index in [2.05, 4.69) is 82.2 Å². The first-order valence-corrected chi connectivity index (χ1v) is 7.87. The normalized spacial score (nSPS) is 14.0. The molecule has 2 nitrogen and oxygen atoms in total. The molecule has 114 valence electrons. The predicted octanol–water partition coefficient (Wildman–Crippen LogP) is 4.09. The van der Waals surface area contributed by atoms with Gasteiger partial charge >= 0.3 is 0 Å². The summed E-state index contributed by atoms with van der Waals surface area (Å²) >= 11 is 0. The Morgan fingerprint density at radius 3 is 2.20 bits per heavy atom. The highest BCUT2D eigenvalue weighted by Crippen LogP contribution is 2.28. The van der Waals surface area contributed by atoms with Crippen LogP contribution in [0.4, 0.5) is 0 Å². The van der Waals surface area contributed by atoms with Gasteiger partial charge in [0.25, 0.3) is 0 Å². The second-order valence-electron chi connectivity index (χ2n) is 6.76. The summed E-state index contributed by atoms with van der Waals surface area (Å²) in [6.07, 6.45) is 1.15. The molecule has 0 aliphatic heterocycles. The van der Waals surface area contributed by atoms with Crippen LogP contribution in [0, 0.1) is 5.92 Å². The molecule has 0 heterocycles. The second-order valence-corrected chi connectivity index (χ2v) is 6.76. The summed E-state index contributed by atoms with van der Waals surface area (Å²) in [6.45, 7) is 13.5. The Hall–Kier alpha value is -0.860. The molecule has 0 saturated carbocycles. The van der Waals surface area contributed by atoms with Crippen LogP contribution >= 0.6 is 0 Å². The van der Waals surface area contributed by atoms with Crippen LogP contribution in [-0.4, -0.2) is 30.6 Å². The molecule has 0 aromatic heterocycles. The summed E-state index contributed by atoms with van der Waals surface area (Å²) in [5.41, 5.74) is 1.60. The molecule has 1 aromatic carbocycles. The summed E-state index contributed by atoms with van der Waals surface area (Å²) in [6, 6.07) is 11.3. The number of hydrogen-bond acceptors (Lipinski definition) is 2. The van der Waals surface area contributed by atoms with Gasteiger partial charge in [-0.3, -0.25) is 4.90 Å². The van der Waals surface area contributed by atoms with Gasteiger partial charge in [-0.05, 0) is 45.3 Å². The van der Waals surface area contributed by atoms with Crippen molar-refractivity contribution in [2.75, 3.05) is 20.1 Å². The third kappa shape index (κ3) is 4.92. The van der Waals surface area contributed by atoms with Crippen LogP contribution in [0.5, 0.6) is 0 Å². The quantitative estimate of drug-likeness (QED) is 0.769. The molecule has 0 aliphatic rings. The van der Waals surface area contributed by atoms with Crippen LogP contribution in [-0.2, 0) is 0 Å². The lowest BCUT2D eigenvalue weighted by molar-refractivity contribution is 0.0952. The summed E-state index contributed by atoms with van der Waals surface area (Å²) in [5, 5.41) is 3.62. The molecule has 0 aliphatic carbocycles. The van der Waals surface area contributed by atoms with Gasteiger partial charge in [-0.15, -0.1) is 0 Å². The molecule has 1 N–H and O–H groups in total. The number of likely N-dealkylation sites (N-methyl/N-ethyl adjacent to an activating group) is 1. The Kier molecular flexibility index (Phi) is 6.70. The third-order valence-corrected chi connectivity index (χ3v) is 4.36. The highest BCUT2D eigenvalue weighted by atomic mass is 15.2. The largest absolute Gasteiger partial charge is 0.315 e. The van der Waals surface area contributed by atoms with Crippen molar-refractivity contribution in [2.45, 2.75) is 52.6 Å². The van der Waals surface area contributed by atoms with Crippen LogP contribution in [0.1, 0.15) is 52.6 Å². The first-order chi connectivity index (χ1) is 9.38. The number of nitrogens with one attached hydrogen (secondary N) is 1. The Labute approximate surface area is 125 Å². The lowest BCUT2D eigenvalue weighted by Crippen LogP contribution is -2.46. The average molecular weight is 276 g/mol. The first kappa shape index (κ1) is 17.2. The number of nitrogens with zero attached hydrogens (tertiary/aromatic N) is 1. The molecule has 0 spiro atoms. The Morgan fingerprint density at radius 1 is 1.10 bits per heavy atom. The van der Waals surface area contributed by atoms with Crippen LogP contribution in [0.2, 0.25) is 0 Å². The van der Waals surface area contributed by atoms with E-state index in [4.69, 9.17) is 0 Å². The maximum atomic E-state index is 3.62. The molecule has 0 saturated heterocycles. The summed E-state index contributed by atoms with van der Waals surface area (Å²) in [7, 11) is 2.25. The third-order valence-electron chi connectivity index (χ3n) is 4.36. The van der Waals surface area contributed by atoms with Gasteiger partial charge in [-0.25, -0.2) is 0 Å². The summed E-state index contributed by atoms with van der Waals surface area (Å²) in [4.78, 5) is 2.51. The lowest BCUT2D eigenvalue weighted by atomic mass is 9.94.